The van der Waals surface area contributed by atoms with Crippen LogP contribution in [0.1, 0.15) is 39.4 Å². The maximum absolute atomic E-state index is 11.1. The Labute approximate surface area is 125 Å². The molecule has 1 aromatic heterocycles. The minimum absolute atomic E-state index is 0.217. The second-order valence-electron chi connectivity index (χ2n) is 5.57. The van der Waals surface area contributed by atoms with Gasteiger partial charge in [0.25, 0.3) is 0 Å². The lowest BCUT2D eigenvalue weighted by Gasteiger charge is -2.25. The fourth-order valence-corrected chi connectivity index (χ4v) is 1.92. The predicted octanol–water partition coefficient (Wildman–Crippen LogP) is 1.51. The molecule has 0 saturated heterocycles. The number of nitrogens with two attached hydrogens (primary N) is 1. The molecule has 0 spiro atoms. The third-order valence-electron chi connectivity index (χ3n) is 2.68. The number of amides is 1. The van der Waals surface area contributed by atoms with E-state index in [4.69, 9.17) is 10.5 Å². The van der Waals surface area contributed by atoms with Gasteiger partial charge in [-0.1, -0.05) is 6.92 Å². The third-order valence-corrected chi connectivity index (χ3v) is 2.68. The van der Waals surface area contributed by atoms with Crippen molar-refractivity contribution in [3.63, 3.8) is 0 Å². The second kappa shape index (κ2) is 7.78. The number of nitrogens with zero attached hydrogens (tertiary/aromatic N) is 2. The van der Waals surface area contributed by atoms with Gasteiger partial charge >= 0.3 is 0 Å². The van der Waals surface area contributed by atoms with Crippen LogP contribution >= 0.6 is 0 Å². The summed E-state index contributed by atoms with van der Waals surface area (Å²) in [4.78, 5) is 19.9. The van der Waals surface area contributed by atoms with Crippen molar-refractivity contribution in [3.8, 4) is 0 Å². The molecule has 7 nitrogen and oxygen atoms in total. The number of hydrogen-bond donors (Lipinski definition) is 3. The molecule has 0 saturated carbocycles. The van der Waals surface area contributed by atoms with Crippen molar-refractivity contribution in [2.45, 2.75) is 45.8 Å². The summed E-state index contributed by atoms with van der Waals surface area (Å²) in [6.45, 7) is 7.03. The van der Waals surface area contributed by atoms with Crippen LogP contribution in [0.5, 0.6) is 0 Å². The van der Waals surface area contributed by atoms with Crippen molar-refractivity contribution in [2.75, 3.05) is 24.3 Å². The van der Waals surface area contributed by atoms with Crippen LogP contribution in [0, 0.1) is 0 Å². The molecule has 4 N–H and O–H groups in total. The number of carbonyl (C=O) groups excluding carboxylic acids is 1. The molecule has 0 unspecified atom stereocenters. The molecule has 1 rings (SSSR count). The van der Waals surface area contributed by atoms with E-state index in [2.05, 4.69) is 27.5 Å². The molecule has 0 atom stereocenters. The van der Waals surface area contributed by atoms with Crippen molar-refractivity contribution >= 4 is 17.5 Å². The van der Waals surface area contributed by atoms with Crippen LogP contribution in [-0.4, -0.2) is 35.1 Å². The zero-order valence-corrected chi connectivity index (χ0v) is 13.2. The number of hydrogen-bond acceptors (Lipinski definition) is 6. The lowest BCUT2D eigenvalue weighted by atomic mass is 10.0. The van der Waals surface area contributed by atoms with E-state index in [1.165, 1.54) is 0 Å². The number of aromatic nitrogens is 2. The van der Waals surface area contributed by atoms with Crippen LogP contribution in [-0.2, 0) is 16.1 Å². The van der Waals surface area contributed by atoms with Gasteiger partial charge in [-0.25, -0.2) is 9.97 Å². The number of rotatable bonds is 9. The molecule has 1 amide bonds. The minimum atomic E-state index is -0.480. The first-order valence-corrected chi connectivity index (χ1v) is 7.03. The molecule has 118 valence electrons. The van der Waals surface area contributed by atoms with Crippen LogP contribution < -0.4 is 16.4 Å². The summed E-state index contributed by atoms with van der Waals surface area (Å²) in [6.07, 6.45) is 1.22. The van der Waals surface area contributed by atoms with Gasteiger partial charge in [0, 0.05) is 31.7 Å². The quantitative estimate of drug-likeness (QED) is 0.638. The number of ether oxygens (including phenoxy) is 1. The van der Waals surface area contributed by atoms with Crippen LogP contribution in [0.4, 0.5) is 11.6 Å². The highest BCUT2D eigenvalue weighted by Gasteiger charge is 2.21. The molecule has 0 aliphatic rings. The van der Waals surface area contributed by atoms with Gasteiger partial charge in [-0.2, -0.15) is 0 Å². The molecule has 0 radical (unpaired) electrons. The predicted molar refractivity (Wildman–Crippen MR) is 83.0 cm³/mol. The van der Waals surface area contributed by atoms with E-state index in [-0.39, 0.29) is 12.3 Å². The van der Waals surface area contributed by atoms with E-state index in [1.54, 1.807) is 7.11 Å². The Bertz CT molecular complexity index is 476. The molecule has 7 heteroatoms. The first kappa shape index (κ1) is 17.2. The highest BCUT2D eigenvalue weighted by molar-refractivity contribution is 5.75. The van der Waals surface area contributed by atoms with Crippen molar-refractivity contribution in [1.29, 1.82) is 0 Å². The summed E-state index contributed by atoms with van der Waals surface area (Å²) in [5, 5.41) is 6.44. The Kier molecular flexibility index (Phi) is 6.36. The van der Waals surface area contributed by atoms with Gasteiger partial charge in [-0.15, -0.1) is 0 Å². The van der Waals surface area contributed by atoms with Gasteiger partial charge in [0.05, 0.1) is 0 Å². The molecule has 0 fully saturated rings. The Morgan fingerprint density at radius 1 is 1.38 bits per heavy atom. The fourth-order valence-electron chi connectivity index (χ4n) is 1.92. The zero-order chi connectivity index (χ0) is 15.9. The van der Waals surface area contributed by atoms with Crippen molar-refractivity contribution < 1.29 is 9.53 Å². The van der Waals surface area contributed by atoms with Gasteiger partial charge in [0.1, 0.15) is 18.2 Å². The van der Waals surface area contributed by atoms with Gasteiger partial charge in [0.2, 0.25) is 5.91 Å². The Balaban J connectivity index is 2.93. The number of primary amides is 1. The monoisotopic (exact) mass is 295 g/mol. The first-order valence-electron chi connectivity index (χ1n) is 7.03. The zero-order valence-electron chi connectivity index (χ0n) is 13.2. The van der Waals surface area contributed by atoms with E-state index >= 15 is 0 Å². The van der Waals surface area contributed by atoms with E-state index in [1.807, 2.05) is 19.9 Å². The molecular formula is C14H25N5O2. The molecule has 0 aliphatic heterocycles. The topological polar surface area (TPSA) is 102 Å². The van der Waals surface area contributed by atoms with E-state index < -0.39 is 5.54 Å². The SMILES string of the molecule is CCCNc1cc(NC(C)(C)CC(N)=O)nc(COC)n1. The molecular weight excluding hydrogens is 270 g/mol. The second-order valence-corrected chi connectivity index (χ2v) is 5.57. The third kappa shape index (κ3) is 6.40. The average Bonchev–Trinajstić information content (AvgIpc) is 2.34. The first-order chi connectivity index (χ1) is 9.86. The summed E-state index contributed by atoms with van der Waals surface area (Å²) in [6, 6.07) is 1.82. The van der Waals surface area contributed by atoms with Crippen molar-refractivity contribution in [1.82, 2.24) is 9.97 Å². The highest BCUT2D eigenvalue weighted by Crippen LogP contribution is 2.19. The fraction of sp³-hybridized carbons (Fsp3) is 0.643. The number of methoxy groups -OCH3 is 1. The summed E-state index contributed by atoms with van der Waals surface area (Å²) in [5.41, 5.74) is 4.78. The van der Waals surface area contributed by atoms with E-state index in [0.717, 1.165) is 18.8 Å². The number of nitrogens with one attached hydrogen (secondary N) is 2. The normalized spacial score (nSPS) is 11.2. The number of anilines is 2. The molecule has 21 heavy (non-hydrogen) atoms. The minimum Gasteiger partial charge on any atom is -0.377 e. The van der Waals surface area contributed by atoms with Crippen LogP contribution in [0.25, 0.3) is 0 Å². The largest absolute Gasteiger partial charge is 0.377 e. The van der Waals surface area contributed by atoms with Crippen LogP contribution in [0.2, 0.25) is 0 Å². The number of carbonyl (C=O) groups is 1. The summed E-state index contributed by atoms with van der Waals surface area (Å²) < 4.78 is 5.08. The Morgan fingerprint density at radius 3 is 2.62 bits per heavy atom. The molecule has 0 aliphatic carbocycles. The summed E-state index contributed by atoms with van der Waals surface area (Å²) in [5.74, 6) is 1.59. The summed E-state index contributed by atoms with van der Waals surface area (Å²) >= 11 is 0. The molecule has 0 bridgehead atoms. The molecule has 0 aromatic carbocycles. The van der Waals surface area contributed by atoms with Gasteiger partial charge in [0.15, 0.2) is 5.82 Å². The van der Waals surface area contributed by atoms with E-state index in [9.17, 15) is 4.79 Å². The Morgan fingerprint density at radius 2 is 2.05 bits per heavy atom. The standard InChI is InChI=1S/C14H25N5O2/c1-5-6-16-11-7-12(18-13(17-11)9-21-4)19-14(2,3)8-10(15)20/h7H,5-6,8-9H2,1-4H3,(H2,15,20)(H2,16,17,18,19). The van der Waals surface area contributed by atoms with Gasteiger partial charge in [-0.05, 0) is 20.3 Å². The van der Waals surface area contributed by atoms with Crippen LogP contribution in [0.3, 0.4) is 0 Å². The van der Waals surface area contributed by atoms with Crippen molar-refractivity contribution in [2.24, 2.45) is 5.73 Å². The van der Waals surface area contributed by atoms with Gasteiger partial charge in [-0.3, -0.25) is 4.79 Å². The molecule has 1 aromatic rings. The maximum atomic E-state index is 11.1. The van der Waals surface area contributed by atoms with Crippen LogP contribution in [0.15, 0.2) is 6.07 Å². The average molecular weight is 295 g/mol. The highest BCUT2D eigenvalue weighted by atomic mass is 16.5. The van der Waals surface area contributed by atoms with E-state index in [0.29, 0.717) is 18.2 Å². The lowest BCUT2D eigenvalue weighted by molar-refractivity contribution is -0.118. The van der Waals surface area contributed by atoms with Gasteiger partial charge < -0.3 is 21.1 Å². The molecule has 1 heterocycles. The Hall–Kier alpha value is -1.89. The summed E-state index contributed by atoms with van der Waals surface area (Å²) in [7, 11) is 1.60. The van der Waals surface area contributed by atoms with Crippen molar-refractivity contribution in [3.05, 3.63) is 11.9 Å². The smallest absolute Gasteiger partial charge is 0.219 e. The maximum Gasteiger partial charge on any atom is 0.219 e. The lowest BCUT2D eigenvalue weighted by Crippen LogP contribution is -2.36.